The van der Waals surface area contributed by atoms with E-state index in [1.807, 2.05) is 0 Å². The molecule has 21 heavy (non-hydrogen) atoms. The quantitative estimate of drug-likeness (QED) is 0.271. The summed E-state index contributed by atoms with van der Waals surface area (Å²) in [5.41, 5.74) is 9.95. The van der Waals surface area contributed by atoms with Crippen LogP contribution in [0.25, 0.3) is 0 Å². The van der Waals surface area contributed by atoms with E-state index < -0.39 is 48.6 Å². The monoisotopic (exact) mass is 308 g/mol. The van der Waals surface area contributed by atoms with E-state index in [1.54, 1.807) is 0 Å². The zero-order chi connectivity index (χ0) is 15.7. The Bertz CT molecular complexity index is 563. The minimum Gasteiger partial charge on any atom is -0.452 e. The van der Waals surface area contributed by atoms with E-state index in [2.05, 4.69) is 9.97 Å². The molecule has 2 heterocycles. The molecule has 1 aromatic heterocycles. The lowest BCUT2D eigenvalue weighted by molar-refractivity contribution is -0.277. The standard InChI is InChI=1S/C10H16N4O7/c11-7-6(8(19)14-10(12)13-7)21-9-5(18)4(17)3(16)2(1-15)20-9/h2-5,9,15-18H,1H2,(H5,11,12,13,14,19)/t2-,3-,4+,5-,9+/m1/s1/i10+1,12+1,13+1,14+1. The Morgan fingerprint density at radius 1 is 1.24 bits per heavy atom. The number of nitrogens with zero attached hydrogens (tertiary/aromatic N) is 1. The number of aromatic nitrogens is 2. The highest BCUT2D eigenvalue weighted by Crippen LogP contribution is 2.24. The third kappa shape index (κ3) is 2.91. The minimum absolute atomic E-state index is 0.223. The molecular formula is C10H16N4O7. The van der Waals surface area contributed by atoms with Gasteiger partial charge in [-0.1, -0.05) is 0 Å². The van der Waals surface area contributed by atoms with Gasteiger partial charge in [0, 0.05) is 0 Å². The number of H-pyrrole nitrogens is 1. The van der Waals surface area contributed by atoms with Crippen molar-refractivity contribution in [2.24, 2.45) is 0 Å². The molecule has 1 fully saturated rings. The molecule has 0 radical (unpaired) electrons. The Hall–Kier alpha value is -1.92. The van der Waals surface area contributed by atoms with Crippen molar-refractivity contribution in [1.82, 2.24) is 9.97 Å². The first-order valence-electron chi connectivity index (χ1n) is 5.97. The molecule has 0 aromatic carbocycles. The molecule has 1 saturated heterocycles. The molecule has 1 aromatic rings. The number of anilines is 2. The Morgan fingerprint density at radius 3 is 2.48 bits per heavy atom. The topological polar surface area (TPSA) is 197 Å². The number of ether oxygens (including phenoxy) is 2. The van der Waals surface area contributed by atoms with E-state index in [0.717, 1.165) is 0 Å². The molecule has 9 N–H and O–H groups in total. The van der Waals surface area contributed by atoms with Crippen LogP contribution in [-0.2, 0) is 4.74 Å². The molecule has 2 rings (SSSR count). The lowest BCUT2D eigenvalue weighted by atomic mass is 9.99. The molecule has 0 bridgehead atoms. The van der Waals surface area contributed by atoms with Gasteiger partial charge in [0.15, 0.2) is 5.82 Å². The lowest BCUT2D eigenvalue weighted by Gasteiger charge is -2.39. The van der Waals surface area contributed by atoms with Crippen LogP contribution in [0.1, 0.15) is 0 Å². The number of aromatic amines is 1. The van der Waals surface area contributed by atoms with Crippen molar-refractivity contribution in [3.05, 3.63) is 10.4 Å². The zero-order valence-corrected chi connectivity index (χ0v) is 10.7. The van der Waals surface area contributed by atoms with Crippen LogP contribution in [0.2, 0.25) is 0 Å². The van der Waals surface area contributed by atoms with Gasteiger partial charge in [-0.2, -0.15) is 4.98 Å². The normalized spacial score (nSPS) is 32.9. The molecule has 0 spiro atoms. The molecule has 0 amide bonds. The maximum Gasteiger partial charge on any atom is 0.297 e. The summed E-state index contributed by atoms with van der Waals surface area (Å²) in [7, 11) is 0. The molecule has 1 aliphatic rings. The number of hydrogen-bond acceptors (Lipinski definition) is 10. The molecule has 5 atom stereocenters. The molecule has 11 nitrogen and oxygen atoms in total. The predicted octanol–water partition coefficient (Wildman–Crippen LogP) is -3.89. The lowest BCUT2D eigenvalue weighted by Crippen LogP contribution is -2.60. The van der Waals surface area contributed by atoms with Crippen molar-refractivity contribution in [1.29, 1.82) is 0 Å². The van der Waals surface area contributed by atoms with Crippen molar-refractivity contribution in [2.45, 2.75) is 30.7 Å². The van der Waals surface area contributed by atoms with Crippen LogP contribution in [-0.4, -0.2) is 67.7 Å². The summed E-state index contributed by atoms with van der Waals surface area (Å²) in [6.07, 6.45) is -7.54. The summed E-state index contributed by atoms with van der Waals surface area (Å²) in [5, 5.41) is 38.0. The fourth-order valence-corrected chi connectivity index (χ4v) is 1.89. The first kappa shape index (κ1) is 15.5. The van der Waals surface area contributed by atoms with Crippen LogP contribution in [0.5, 0.6) is 5.75 Å². The van der Waals surface area contributed by atoms with E-state index >= 15 is 0 Å². The number of nitrogens with one attached hydrogen (secondary N) is 1. The molecule has 0 unspecified atom stereocenters. The number of aliphatic hydroxyl groups is 4. The van der Waals surface area contributed by atoms with Gasteiger partial charge >= 0.3 is 0 Å². The van der Waals surface area contributed by atoms with Gasteiger partial charge in [0.1, 0.15) is 24.4 Å². The van der Waals surface area contributed by atoms with Crippen LogP contribution >= 0.6 is 0 Å². The summed E-state index contributed by atoms with van der Waals surface area (Å²) >= 11 is 0. The largest absolute Gasteiger partial charge is 0.452 e. The van der Waals surface area contributed by atoms with Crippen molar-refractivity contribution in [2.75, 3.05) is 18.1 Å². The van der Waals surface area contributed by atoms with Crippen molar-refractivity contribution >= 4 is 11.8 Å². The van der Waals surface area contributed by atoms with Crippen LogP contribution in [0.15, 0.2) is 4.79 Å². The summed E-state index contributed by atoms with van der Waals surface area (Å²) in [4.78, 5) is 17.4. The third-order valence-electron chi connectivity index (χ3n) is 3.00. The van der Waals surface area contributed by atoms with Crippen LogP contribution in [0, 0.1) is 0 Å². The number of nitrogen functional groups attached to an aromatic ring is 2. The van der Waals surface area contributed by atoms with Crippen LogP contribution < -0.4 is 21.8 Å². The number of aliphatic hydroxyl groups excluding tert-OH is 4. The van der Waals surface area contributed by atoms with Crippen molar-refractivity contribution < 1.29 is 29.9 Å². The van der Waals surface area contributed by atoms with E-state index in [-0.39, 0.29) is 11.8 Å². The summed E-state index contributed by atoms with van der Waals surface area (Å²) < 4.78 is 10.2. The summed E-state index contributed by atoms with van der Waals surface area (Å²) in [6.45, 7) is -0.628. The van der Waals surface area contributed by atoms with Gasteiger partial charge in [-0.15, -0.1) is 0 Å². The smallest absolute Gasteiger partial charge is 0.297 e. The van der Waals surface area contributed by atoms with Gasteiger partial charge in [-0.3, -0.25) is 9.78 Å². The highest BCUT2D eigenvalue weighted by Gasteiger charge is 2.45. The predicted molar refractivity (Wildman–Crippen MR) is 68.1 cm³/mol. The van der Waals surface area contributed by atoms with Gasteiger partial charge in [0.05, 0.1) is 6.61 Å². The van der Waals surface area contributed by atoms with Crippen molar-refractivity contribution in [3.63, 3.8) is 0 Å². The Balaban J connectivity index is 2.25. The third-order valence-corrected chi connectivity index (χ3v) is 3.00. The van der Waals surface area contributed by atoms with Crippen molar-refractivity contribution in [3.8, 4) is 5.75 Å². The Kier molecular flexibility index (Phi) is 4.29. The van der Waals surface area contributed by atoms with Gasteiger partial charge in [0.25, 0.3) is 5.56 Å². The Labute approximate surface area is 117 Å². The van der Waals surface area contributed by atoms with Crippen LogP contribution in [0.4, 0.5) is 11.8 Å². The average Bonchev–Trinajstić information content (AvgIpc) is 2.42. The highest BCUT2D eigenvalue weighted by atomic mass is 16.7. The number of hydrogen-bond donors (Lipinski definition) is 7. The van der Waals surface area contributed by atoms with E-state index in [4.69, 9.17) is 26.0 Å². The number of rotatable bonds is 3. The second-order valence-electron chi connectivity index (χ2n) is 4.48. The molecular weight excluding hydrogens is 292 g/mol. The van der Waals surface area contributed by atoms with E-state index in [1.165, 1.54) is 0 Å². The minimum atomic E-state index is -1.67. The molecule has 11 heteroatoms. The summed E-state index contributed by atoms with van der Waals surface area (Å²) in [5.74, 6) is -1.03. The average molecular weight is 308 g/mol. The molecule has 1 aliphatic heterocycles. The first-order valence-corrected chi connectivity index (χ1v) is 5.97. The first-order chi connectivity index (χ1) is 9.85. The van der Waals surface area contributed by atoms with E-state index in [0.29, 0.717) is 0 Å². The second kappa shape index (κ2) is 5.83. The molecule has 0 saturated carbocycles. The van der Waals surface area contributed by atoms with Gasteiger partial charge in [-0.05, 0) is 0 Å². The molecule has 118 valence electrons. The van der Waals surface area contributed by atoms with Crippen LogP contribution in [0.3, 0.4) is 0 Å². The second-order valence-corrected chi connectivity index (χ2v) is 4.48. The highest BCUT2D eigenvalue weighted by molar-refractivity contribution is 5.46. The Morgan fingerprint density at radius 2 is 1.90 bits per heavy atom. The van der Waals surface area contributed by atoms with Gasteiger partial charge in [-0.25, -0.2) is 0 Å². The maximum absolute atomic E-state index is 11.7. The number of nitrogens with two attached hydrogens (primary N) is 2. The van der Waals surface area contributed by atoms with E-state index in [9.17, 15) is 20.1 Å². The van der Waals surface area contributed by atoms with Gasteiger partial charge < -0.3 is 41.4 Å². The zero-order valence-electron chi connectivity index (χ0n) is 10.7. The maximum atomic E-state index is 11.7. The van der Waals surface area contributed by atoms with Gasteiger partial charge in [0.2, 0.25) is 18.0 Å². The fourth-order valence-electron chi connectivity index (χ4n) is 1.89. The SMILES string of the molecule is Nc1[15n][13c]([15NH2])[15nH]c(=O)c1O[C@@H]1O[C@H](CO)[C@@H](O)[C@H](O)[C@H]1O. The molecule has 0 aliphatic carbocycles. The summed E-state index contributed by atoms with van der Waals surface area (Å²) in [6, 6.07) is 0. The fraction of sp³-hybridized carbons (Fsp3) is 0.600.